The predicted molar refractivity (Wildman–Crippen MR) is 106 cm³/mol. The van der Waals surface area contributed by atoms with Crippen molar-refractivity contribution in [2.45, 2.75) is 69.6 Å². The van der Waals surface area contributed by atoms with Gasteiger partial charge in [-0.05, 0) is 51.4 Å². The second-order valence-corrected chi connectivity index (χ2v) is 7.79. The number of carbonyl (C=O) groups excluding carboxylic acids is 2. The molecule has 1 heterocycles. The molecule has 2 aliphatic rings. The Kier molecular flexibility index (Phi) is 6.66. The Hall–Kier alpha value is -2.42. The van der Waals surface area contributed by atoms with Crippen molar-refractivity contribution in [1.29, 1.82) is 0 Å². The number of aromatic nitrogens is 2. The van der Waals surface area contributed by atoms with E-state index < -0.39 is 5.91 Å². The number of aliphatic hydroxyl groups excluding tert-OH is 1. The lowest BCUT2D eigenvalue weighted by Crippen LogP contribution is -2.34. The Balaban J connectivity index is 1.65. The molecule has 2 atom stereocenters. The van der Waals surface area contributed by atoms with Gasteiger partial charge in [-0.3, -0.25) is 9.59 Å². The molecule has 154 valence electrons. The van der Waals surface area contributed by atoms with E-state index in [1.807, 2.05) is 0 Å². The summed E-state index contributed by atoms with van der Waals surface area (Å²) in [5, 5.41) is 19.2. The van der Waals surface area contributed by atoms with Gasteiger partial charge >= 0.3 is 0 Å². The molecule has 1 aromatic heterocycles. The zero-order chi connectivity index (χ0) is 20.1. The molecular formula is C19H30N6O3. The van der Waals surface area contributed by atoms with Crippen LogP contribution < -0.4 is 21.7 Å². The highest BCUT2D eigenvalue weighted by Crippen LogP contribution is 2.27. The lowest BCUT2D eigenvalue weighted by Gasteiger charge is -2.29. The molecule has 1 unspecified atom stereocenters. The van der Waals surface area contributed by atoms with Crippen molar-refractivity contribution >= 4 is 23.6 Å². The zero-order valence-electron chi connectivity index (χ0n) is 16.3. The maximum Gasteiger partial charge on any atom is 0.254 e. The minimum absolute atomic E-state index is 0.0487. The van der Waals surface area contributed by atoms with Gasteiger partial charge in [-0.25, -0.2) is 4.98 Å². The molecule has 9 nitrogen and oxygen atoms in total. The maximum absolute atomic E-state index is 11.8. The first kappa shape index (κ1) is 20.3. The number of hydrogen-bond acceptors (Lipinski definition) is 7. The average molecular weight is 390 g/mol. The molecule has 0 aromatic carbocycles. The molecule has 1 aromatic rings. The number of nitrogens with two attached hydrogens (primary N) is 1. The van der Waals surface area contributed by atoms with Crippen LogP contribution in [0, 0.1) is 5.92 Å². The largest absolute Gasteiger partial charge is 0.393 e. The molecule has 2 fully saturated rings. The van der Waals surface area contributed by atoms with E-state index in [9.17, 15) is 14.7 Å². The van der Waals surface area contributed by atoms with Gasteiger partial charge in [0, 0.05) is 31.2 Å². The Morgan fingerprint density at radius 1 is 1.11 bits per heavy atom. The number of rotatable bonds is 6. The fraction of sp³-hybridized carbons (Fsp3) is 0.684. The van der Waals surface area contributed by atoms with Crippen molar-refractivity contribution < 1.29 is 14.7 Å². The molecule has 0 radical (unpaired) electrons. The number of nitrogens with one attached hydrogen (secondary N) is 3. The van der Waals surface area contributed by atoms with Crippen LogP contribution in [0.5, 0.6) is 0 Å². The molecule has 0 spiro atoms. The Bertz CT molecular complexity index is 705. The van der Waals surface area contributed by atoms with Gasteiger partial charge in [-0.2, -0.15) is 4.98 Å². The van der Waals surface area contributed by atoms with Gasteiger partial charge in [0.25, 0.3) is 5.91 Å². The number of primary amides is 1. The zero-order valence-corrected chi connectivity index (χ0v) is 16.3. The van der Waals surface area contributed by atoms with Crippen LogP contribution in [0.3, 0.4) is 0 Å². The summed E-state index contributed by atoms with van der Waals surface area (Å²) in [7, 11) is 1.67. The molecule has 3 rings (SSSR count). The van der Waals surface area contributed by atoms with E-state index in [1.54, 1.807) is 7.05 Å². The summed E-state index contributed by atoms with van der Waals surface area (Å²) in [5.74, 6) is 0.421. The van der Waals surface area contributed by atoms with Gasteiger partial charge in [0.15, 0.2) is 0 Å². The normalized spacial score (nSPS) is 27.6. The minimum atomic E-state index is -0.587. The summed E-state index contributed by atoms with van der Waals surface area (Å²) >= 11 is 0. The standard InChI is InChI=1S/C19H30N6O3/c1-21-18(28)11-5-7-12(8-6-11)24-19-22-10-15(16(20)27)17(25-19)23-13-3-2-4-14(26)9-13/h10-14,26H,2-9H2,1H3,(H2,20,27)(H,21,28)(H2,22,23,24,25)/t11-,12-,13?,14-/m0/s1. The Labute approximate surface area is 164 Å². The van der Waals surface area contributed by atoms with E-state index in [1.165, 1.54) is 6.20 Å². The van der Waals surface area contributed by atoms with Crippen molar-refractivity contribution in [3.63, 3.8) is 0 Å². The summed E-state index contributed by atoms with van der Waals surface area (Å²) < 4.78 is 0. The van der Waals surface area contributed by atoms with Crippen molar-refractivity contribution in [3.05, 3.63) is 11.8 Å². The number of hydrogen-bond donors (Lipinski definition) is 5. The third kappa shape index (κ3) is 5.09. The fourth-order valence-electron chi connectivity index (χ4n) is 4.12. The number of nitrogens with zero attached hydrogens (tertiary/aromatic N) is 2. The van der Waals surface area contributed by atoms with Gasteiger partial charge in [-0.1, -0.05) is 0 Å². The van der Waals surface area contributed by atoms with Crippen molar-refractivity contribution in [2.75, 3.05) is 17.7 Å². The fourth-order valence-corrected chi connectivity index (χ4v) is 4.12. The first-order chi connectivity index (χ1) is 13.5. The average Bonchev–Trinajstić information content (AvgIpc) is 2.68. The van der Waals surface area contributed by atoms with Gasteiger partial charge < -0.3 is 26.8 Å². The number of carbonyl (C=O) groups is 2. The second kappa shape index (κ2) is 9.18. The summed E-state index contributed by atoms with van der Waals surface area (Å²) in [5.41, 5.74) is 5.72. The smallest absolute Gasteiger partial charge is 0.254 e. The van der Waals surface area contributed by atoms with Gasteiger partial charge in [0.05, 0.1) is 11.7 Å². The molecule has 9 heteroatoms. The van der Waals surface area contributed by atoms with Crippen LogP contribution in [0.2, 0.25) is 0 Å². The number of anilines is 2. The van der Waals surface area contributed by atoms with Crippen LogP contribution in [0.4, 0.5) is 11.8 Å². The maximum atomic E-state index is 11.8. The van der Waals surface area contributed by atoms with Gasteiger partial charge in [-0.15, -0.1) is 0 Å². The van der Waals surface area contributed by atoms with Crippen LogP contribution in [0.15, 0.2) is 6.20 Å². The number of amides is 2. The van der Waals surface area contributed by atoms with Crippen molar-refractivity contribution in [1.82, 2.24) is 15.3 Å². The molecule has 6 N–H and O–H groups in total. The highest BCUT2D eigenvalue weighted by molar-refractivity contribution is 5.97. The first-order valence-electron chi connectivity index (χ1n) is 10.1. The molecule has 0 aliphatic heterocycles. The van der Waals surface area contributed by atoms with E-state index >= 15 is 0 Å². The Morgan fingerprint density at radius 2 is 1.86 bits per heavy atom. The SMILES string of the molecule is CNC(=O)[C@H]1CC[C@H](Nc2ncc(C(N)=O)c(NC3CCC[C@H](O)C3)n2)CC1. The monoisotopic (exact) mass is 390 g/mol. The molecular weight excluding hydrogens is 360 g/mol. The van der Waals surface area contributed by atoms with Crippen LogP contribution in [0.25, 0.3) is 0 Å². The van der Waals surface area contributed by atoms with Gasteiger partial charge in [0.2, 0.25) is 11.9 Å². The highest BCUT2D eigenvalue weighted by atomic mass is 16.3. The molecule has 2 amide bonds. The topological polar surface area (TPSA) is 142 Å². The van der Waals surface area contributed by atoms with Crippen LogP contribution in [-0.4, -0.2) is 52.1 Å². The van der Waals surface area contributed by atoms with E-state index in [0.29, 0.717) is 18.2 Å². The number of aliphatic hydroxyl groups is 1. The van der Waals surface area contributed by atoms with Crippen molar-refractivity contribution in [3.8, 4) is 0 Å². The molecule has 2 saturated carbocycles. The molecule has 2 aliphatic carbocycles. The summed E-state index contributed by atoms with van der Waals surface area (Å²) in [4.78, 5) is 32.2. The first-order valence-corrected chi connectivity index (χ1v) is 10.1. The summed E-state index contributed by atoms with van der Waals surface area (Å²) in [6.45, 7) is 0. The van der Waals surface area contributed by atoms with Crippen LogP contribution >= 0.6 is 0 Å². The second-order valence-electron chi connectivity index (χ2n) is 7.79. The summed E-state index contributed by atoms with van der Waals surface area (Å²) in [6, 6.07) is 0.234. The van der Waals surface area contributed by atoms with Gasteiger partial charge in [0.1, 0.15) is 5.82 Å². The lowest BCUT2D eigenvalue weighted by atomic mass is 9.85. The van der Waals surface area contributed by atoms with Crippen molar-refractivity contribution in [2.24, 2.45) is 11.7 Å². The highest BCUT2D eigenvalue weighted by Gasteiger charge is 2.27. The molecule has 0 saturated heterocycles. The minimum Gasteiger partial charge on any atom is -0.393 e. The third-order valence-electron chi connectivity index (χ3n) is 5.72. The van der Waals surface area contributed by atoms with Crippen LogP contribution in [-0.2, 0) is 4.79 Å². The lowest BCUT2D eigenvalue weighted by molar-refractivity contribution is -0.125. The third-order valence-corrected chi connectivity index (χ3v) is 5.72. The van der Waals surface area contributed by atoms with E-state index in [2.05, 4.69) is 25.9 Å². The quantitative estimate of drug-likeness (QED) is 0.488. The molecule has 0 bridgehead atoms. The van der Waals surface area contributed by atoms with E-state index in [-0.39, 0.29) is 35.6 Å². The Morgan fingerprint density at radius 3 is 2.50 bits per heavy atom. The predicted octanol–water partition coefficient (Wildman–Crippen LogP) is 1.01. The van der Waals surface area contributed by atoms with E-state index in [0.717, 1.165) is 44.9 Å². The van der Waals surface area contributed by atoms with Crippen LogP contribution in [0.1, 0.15) is 61.7 Å². The van der Waals surface area contributed by atoms with E-state index in [4.69, 9.17) is 5.73 Å². The summed E-state index contributed by atoms with van der Waals surface area (Å²) in [6.07, 6.45) is 7.72. The molecule has 28 heavy (non-hydrogen) atoms.